The molecular formula is C16H20FN3. The van der Waals surface area contributed by atoms with Crippen LogP contribution in [0, 0.1) is 12.7 Å². The number of anilines is 2. The third-order valence-electron chi connectivity index (χ3n) is 3.30. The zero-order chi connectivity index (χ0) is 14.5. The van der Waals surface area contributed by atoms with Gasteiger partial charge in [0.05, 0.1) is 0 Å². The van der Waals surface area contributed by atoms with Gasteiger partial charge in [-0.25, -0.2) is 9.37 Å². The Hall–Kier alpha value is -1.94. The van der Waals surface area contributed by atoms with Crippen molar-refractivity contribution in [2.75, 3.05) is 18.5 Å². The van der Waals surface area contributed by atoms with Gasteiger partial charge in [0.25, 0.3) is 0 Å². The molecule has 0 aliphatic carbocycles. The van der Waals surface area contributed by atoms with E-state index in [-0.39, 0.29) is 5.82 Å². The first-order valence-corrected chi connectivity index (χ1v) is 6.78. The Bertz CT molecular complexity index is 566. The van der Waals surface area contributed by atoms with Crippen LogP contribution in [0.25, 0.3) is 0 Å². The number of aryl methyl sites for hydroxylation is 1. The molecule has 4 heteroatoms. The Labute approximate surface area is 119 Å². The fourth-order valence-electron chi connectivity index (χ4n) is 2.01. The standard InChI is InChI=1S/C16H20FN3/c1-4-18-11-13-5-10-16(19-12(13)2)20(3)15-8-6-14(17)7-9-15/h5-10,18H,4,11H2,1-3H3. The van der Waals surface area contributed by atoms with E-state index < -0.39 is 0 Å². The van der Waals surface area contributed by atoms with Crippen molar-refractivity contribution in [3.05, 3.63) is 53.5 Å². The largest absolute Gasteiger partial charge is 0.329 e. The van der Waals surface area contributed by atoms with Gasteiger partial charge in [-0.15, -0.1) is 0 Å². The molecule has 1 aromatic carbocycles. The molecule has 1 heterocycles. The van der Waals surface area contributed by atoms with Crippen molar-refractivity contribution >= 4 is 11.5 Å². The predicted molar refractivity (Wildman–Crippen MR) is 80.8 cm³/mol. The van der Waals surface area contributed by atoms with Crippen LogP contribution in [0.2, 0.25) is 0 Å². The monoisotopic (exact) mass is 273 g/mol. The summed E-state index contributed by atoms with van der Waals surface area (Å²) in [6.07, 6.45) is 0. The summed E-state index contributed by atoms with van der Waals surface area (Å²) in [5.41, 5.74) is 3.12. The maximum Gasteiger partial charge on any atom is 0.132 e. The van der Waals surface area contributed by atoms with Gasteiger partial charge in [-0.2, -0.15) is 0 Å². The van der Waals surface area contributed by atoms with E-state index in [1.54, 1.807) is 12.1 Å². The van der Waals surface area contributed by atoms with Gasteiger partial charge in [0, 0.05) is 25.0 Å². The van der Waals surface area contributed by atoms with Gasteiger partial charge in [-0.1, -0.05) is 13.0 Å². The SMILES string of the molecule is CCNCc1ccc(N(C)c2ccc(F)cc2)nc1C. The first-order valence-electron chi connectivity index (χ1n) is 6.78. The number of pyridine rings is 1. The highest BCUT2D eigenvalue weighted by molar-refractivity contribution is 5.59. The predicted octanol–water partition coefficient (Wildman–Crippen LogP) is 3.41. The molecule has 0 radical (unpaired) electrons. The highest BCUT2D eigenvalue weighted by Gasteiger charge is 2.07. The molecule has 3 nitrogen and oxygen atoms in total. The van der Waals surface area contributed by atoms with Crippen molar-refractivity contribution < 1.29 is 4.39 Å². The van der Waals surface area contributed by atoms with E-state index in [4.69, 9.17) is 0 Å². The second-order valence-corrected chi connectivity index (χ2v) is 4.73. The van der Waals surface area contributed by atoms with Gasteiger partial charge in [0.15, 0.2) is 0 Å². The number of halogens is 1. The molecule has 0 amide bonds. The number of aromatic nitrogens is 1. The van der Waals surface area contributed by atoms with Gasteiger partial charge < -0.3 is 10.2 Å². The molecule has 106 valence electrons. The van der Waals surface area contributed by atoms with Crippen molar-refractivity contribution in [2.45, 2.75) is 20.4 Å². The van der Waals surface area contributed by atoms with Gasteiger partial charge >= 0.3 is 0 Å². The number of hydrogen-bond donors (Lipinski definition) is 1. The molecule has 0 bridgehead atoms. The minimum absolute atomic E-state index is 0.229. The molecule has 0 fully saturated rings. The second-order valence-electron chi connectivity index (χ2n) is 4.73. The molecule has 0 saturated heterocycles. The fraction of sp³-hybridized carbons (Fsp3) is 0.312. The average molecular weight is 273 g/mol. The van der Waals surface area contributed by atoms with E-state index >= 15 is 0 Å². The van der Waals surface area contributed by atoms with Crippen LogP contribution in [0.5, 0.6) is 0 Å². The maximum atomic E-state index is 12.9. The van der Waals surface area contributed by atoms with Crippen LogP contribution in [-0.2, 0) is 6.54 Å². The Morgan fingerprint density at radius 1 is 1.15 bits per heavy atom. The van der Waals surface area contributed by atoms with Crippen LogP contribution in [0.1, 0.15) is 18.2 Å². The van der Waals surface area contributed by atoms with Gasteiger partial charge in [-0.3, -0.25) is 0 Å². The van der Waals surface area contributed by atoms with Crippen molar-refractivity contribution in [1.29, 1.82) is 0 Å². The Morgan fingerprint density at radius 3 is 2.45 bits per heavy atom. The molecular weight excluding hydrogens is 253 g/mol. The number of nitrogens with zero attached hydrogens (tertiary/aromatic N) is 2. The lowest BCUT2D eigenvalue weighted by molar-refractivity contribution is 0.628. The quantitative estimate of drug-likeness (QED) is 0.905. The molecule has 0 aliphatic heterocycles. The zero-order valence-corrected chi connectivity index (χ0v) is 12.2. The molecule has 0 saturated carbocycles. The van der Waals surface area contributed by atoms with Crippen LogP contribution >= 0.6 is 0 Å². The summed E-state index contributed by atoms with van der Waals surface area (Å²) >= 11 is 0. The molecule has 1 aromatic heterocycles. The van der Waals surface area contributed by atoms with E-state index in [1.807, 2.05) is 24.9 Å². The first kappa shape index (κ1) is 14.5. The summed E-state index contributed by atoms with van der Waals surface area (Å²) in [5, 5.41) is 3.30. The number of rotatable bonds is 5. The van der Waals surface area contributed by atoms with Crippen molar-refractivity contribution in [3.63, 3.8) is 0 Å². The zero-order valence-electron chi connectivity index (χ0n) is 12.2. The van der Waals surface area contributed by atoms with E-state index in [2.05, 4.69) is 23.3 Å². The number of nitrogens with one attached hydrogen (secondary N) is 1. The van der Waals surface area contributed by atoms with Crippen molar-refractivity contribution in [3.8, 4) is 0 Å². The topological polar surface area (TPSA) is 28.2 Å². The van der Waals surface area contributed by atoms with Gasteiger partial charge in [0.1, 0.15) is 11.6 Å². The lowest BCUT2D eigenvalue weighted by atomic mass is 10.2. The van der Waals surface area contributed by atoms with E-state index in [9.17, 15) is 4.39 Å². The summed E-state index contributed by atoms with van der Waals surface area (Å²) in [6, 6.07) is 10.5. The first-order chi connectivity index (χ1) is 9.61. The van der Waals surface area contributed by atoms with Crippen LogP contribution in [0.4, 0.5) is 15.9 Å². The average Bonchev–Trinajstić information content (AvgIpc) is 2.46. The summed E-state index contributed by atoms with van der Waals surface area (Å²) in [4.78, 5) is 6.56. The smallest absolute Gasteiger partial charge is 0.132 e. The minimum Gasteiger partial charge on any atom is -0.329 e. The molecule has 20 heavy (non-hydrogen) atoms. The van der Waals surface area contributed by atoms with Crippen LogP contribution in [0.3, 0.4) is 0 Å². The van der Waals surface area contributed by atoms with Crippen LogP contribution in [-0.4, -0.2) is 18.6 Å². The molecule has 0 atom stereocenters. The summed E-state index contributed by atoms with van der Waals surface area (Å²) in [5.74, 6) is 0.627. The van der Waals surface area contributed by atoms with Gasteiger partial charge in [-0.05, 0) is 49.4 Å². The van der Waals surface area contributed by atoms with E-state index in [0.717, 1.165) is 30.3 Å². The highest BCUT2D eigenvalue weighted by atomic mass is 19.1. The van der Waals surface area contributed by atoms with Gasteiger partial charge in [0.2, 0.25) is 0 Å². The maximum absolute atomic E-state index is 12.9. The van der Waals surface area contributed by atoms with E-state index in [0.29, 0.717) is 0 Å². The Morgan fingerprint density at radius 2 is 1.85 bits per heavy atom. The number of hydrogen-bond acceptors (Lipinski definition) is 3. The third kappa shape index (κ3) is 3.33. The summed E-state index contributed by atoms with van der Waals surface area (Å²) in [7, 11) is 1.93. The molecule has 1 N–H and O–H groups in total. The molecule has 0 unspecified atom stereocenters. The third-order valence-corrected chi connectivity index (χ3v) is 3.30. The summed E-state index contributed by atoms with van der Waals surface area (Å²) in [6.45, 7) is 5.86. The normalized spacial score (nSPS) is 10.6. The highest BCUT2D eigenvalue weighted by Crippen LogP contribution is 2.23. The summed E-state index contributed by atoms with van der Waals surface area (Å²) < 4.78 is 12.9. The fourth-order valence-corrected chi connectivity index (χ4v) is 2.01. The van der Waals surface area contributed by atoms with E-state index in [1.165, 1.54) is 17.7 Å². The second kappa shape index (κ2) is 6.48. The number of benzene rings is 1. The Balaban J connectivity index is 2.20. The van der Waals surface area contributed by atoms with Crippen LogP contribution < -0.4 is 10.2 Å². The molecule has 0 aliphatic rings. The molecule has 2 aromatic rings. The lowest BCUT2D eigenvalue weighted by Crippen LogP contribution is -2.15. The Kier molecular flexibility index (Phi) is 4.69. The minimum atomic E-state index is -0.229. The lowest BCUT2D eigenvalue weighted by Gasteiger charge is -2.19. The molecule has 0 spiro atoms. The van der Waals surface area contributed by atoms with Crippen molar-refractivity contribution in [2.24, 2.45) is 0 Å². The van der Waals surface area contributed by atoms with Crippen LogP contribution in [0.15, 0.2) is 36.4 Å². The van der Waals surface area contributed by atoms with Crippen molar-refractivity contribution in [1.82, 2.24) is 10.3 Å². The molecule has 2 rings (SSSR count).